The molecule has 0 bridgehead atoms. The fourth-order valence-electron chi connectivity index (χ4n) is 3.59. The van der Waals surface area contributed by atoms with Crippen LogP contribution < -0.4 is 10.1 Å². The van der Waals surface area contributed by atoms with Gasteiger partial charge in [0.2, 0.25) is 0 Å². The largest absolute Gasteiger partial charge is 0.483 e. The van der Waals surface area contributed by atoms with E-state index in [0.29, 0.717) is 5.92 Å². The maximum Gasteiger partial charge on any atom is 0.258 e. The predicted molar refractivity (Wildman–Crippen MR) is 109 cm³/mol. The molecule has 1 N–H and O–H groups in total. The highest BCUT2D eigenvalue weighted by atomic mass is 16.5. The molecule has 1 fully saturated rings. The zero-order valence-corrected chi connectivity index (χ0v) is 16.6. The Kier molecular flexibility index (Phi) is 6.51. The normalized spacial score (nSPS) is 17.3. The van der Waals surface area contributed by atoms with Crippen LogP contribution in [0.5, 0.6) is 5.75 Å². The van der Waals surface area contributed by atoms with Crippen LogP contribution in [0.4, 0.5) is 0 Å². The first kappa shape index (κ1) is 19.4. The second kappa shape index (κ2) is 9.05. The lowest BCUT2D eigenvalue weighted by molar-refractivity contribution is -0.123. The van der Waals surface area contributed by atoms with E-state index in [0.717, 1.165) is 42.9 Å². The molecule has 3 rings (SSSR count). The number of nitrogens with one attached hydrogen (secondary N) is 1. The van der Waals surface area contributed by atoms with E-state index < -0.39 is 0 Å². The number of carbonyl (C=O) groups excluding carboxylic acids is 1. The zero-order chi connectivity index (χ0) is 19.2. The molecule has 0 saturated carbocycles. The number of nitrogens with zero attached hydrogens (tertiary/aromatic N) is 1. The lowest BCUT2D eigenvalue weighted by atomic mass is 10.0. The highest BCUT2D eigenvalue weighted by molar-refractivity contribution is 5.78. The molecule has 1 atom stereocenters. The molecule has 0 radical (unpaired) electrons. The minimum absolute atomic E-state index is 0.0437. The van der Waals surface area contributed by atoms with Gasteiger partial charge < -0.3 is 10.1 Å². The van der Waals surface area contributed by atoms with E-state index in [9.17, 15) is 4.79 Å². The summed E-state index contributed by atoms with van der Waals surface area (Å²) in [6.45, 7) is 9.22. The van der Waals surface area contributed by atoms with Gasteiger partial charge in [-0.15, -0.1) is 0 Å². The average Bonchev–Trinajstić information content (AvgIpc) is 3.07. The SMILES string of the molecule is Cc1ccc(C(C)C)c(OCC(=O)N[C@H]2CCN(Cc3ccccc3)C2)c1. The molecule has 0 unspecified atom stereocenters. The third-order valence-electron chi connectivity index (χ3n) is 5.04. The summed E-state index contributed by atoms with van der Waals surface area (Å²) in [4.78, 5) is 14.7. The van der Waals surface area contributed by atoms with Crippen LogP contribution in [-0.4, -0.2) is 36.5 Å². The molecule has 4 heteroatoms. The van der Waals surface area contributed by atoms with Crippen molar-refractivity contribution in [3.8, 4) is 5.75 Å². The van der Waals surface area contributed by atoms with Gasteiger partial charge in [-0.1, -0.05) is 56.3 Å². The van der Waals surface area contributed by atoms with E-state index in [1.807, 2.05) is 19.1 Å². The Hall–Kier alpha value is -2.33. The van der Waals surface area contributed by atoms with Gasteiger partial charge in [0.15, 0.2) is 6.61 Å². The number of carbonyl (C=O) groups is 1. The second-order valence-electron chi connectivity index (χ2n) is 7.76. The summed E-state index contributed by atoms with van der Waals surface area (Å²) in [5, 5.41) is 3.12. The molecule has 4 nitrogen and oxygen atoms in total. The summed E-state index contributed by atoms with van der Waals surface area (Å²) in [6.07, 6.45) is 0.986. The summed E-state index contributed by atoms with van der Waals surface area (Å²) < 4.78 is 5.85. The number of hydrogen-bond acceptors (Lipinski definition) is 3. The zero-order valence-electron chi connectivity index (χ0n) is 16.6. The molecule has 1 heterocycles. The number of likely N-dealkylation sites (tertiary alicyclic amines) is 1. The molecule has 1 saturated heterocycles. The van der Waals surface area contributed by atoms with Gasteiger partial charge in [0.05, 0.1) is 0 Å². The van der Waals surface area contributed by atoms with Crippen LogP contribution in [0.15, 0.2) is 48.5 Å². The van der Waals surface area contributed by atoms with Gasteiger partial charge in [-0.3, -0.25) is 9.69 Å². The highest BCUT2D eigenvalue weighted by Gasteiger charge is 2.24. The van der Waals surface area contributed by atoms with Gasteiger partial charge in [-0.25, -0.2) is 0 Å². The van der Waals surface area contributed by atoms with E-state index in [1.54, 1.807) is 0 Å². The minimum Gasteiger partial charge on any atom is -0.483 e. The third kappa shape index (κ3) is 5.57. The fourth-order valence-corrected chi connectivity index (χ4v) is 3.59. The molecule has 0 aliphatic carbocycles. The molecule has 0 aromatic heterocycles. The van der Waals surface area contributed by atoms with Crippen molar-refractivity contribution >= 4 is 5.91 Å². The Morgan fingerprint density at radius 2 is 2.00 bits per heavy atom. The first-order valence-electron chi connectivity index (χ1n) is 9.80. The summed E-state index contributed by atoms with van der Waals surface area (Å²) in [5.74, 6) is 1.14. The molecule has 2 aromatic carbocycles. The molecule has 0 spiro atoms. The molecule has 1 aliphatic heterocycles. The molecule has 144 valence electrons. The van der Waals surface area contributed by atoms with E-state index in [2.05, 4.69) is 60.5 Å². The molecule has 27 heavy (non-hydrogen) atoms. The van der Waals surface area contributed by atoms with Gasteiger partial charge in [0.1, 0.15) is 5.75 Å². The van der Waals surface area contributed by atoms with Crippen LogP contribution in [0.1, 0.15) is 42.9 Å². The van der Waals surface area contributed by atoms with Gasteiger partial charge >= 0.3 is 0 Å². The van der Waals surface area contributed by atoms with Crippen molar-refractivity contribution in [1.82, 2.24) is 10.2 Å². The van der Waals surface area contributed by atoms with Crippen LogP contribution in [0, 0.1) is 6.92 Å². The number of hydrogen-bond donors (Lipinski definition) is 1. The molecule has 2 aromatic rings. The first-order chi connectivity index (χ1) is 13.0. The maximum atomic E-state index is 12.3. The van der Waals surface area contributed by atoms with Crippen molar-refractivity contribution in [2.24, 2.45) is 0 Å². The number of benzene rings is 2. The van der Waals surface area contributed by atoms with Crippen molar-refractivity contribution in [2.45, 2.75) is 45.7 Å². The maximum absolute atomic E-state index is 12.3. The Balaban J connectivity index is 1.47. The smallest absolute Gasteiger partial charge is 0.258 e. The molecule has 1 amide bonds. The third-order valence-corrected chi connectivity index (χ3v) is 5.04. The summed E-state index contributed by atoms with van der Waals surface area (Å²) >= 11 is 0. The predicted octanol–water partition coefficient (Wildman–Crippen LogP) is 3.89. The van der Waals surface area contributed by atoms with Gasteiger partial charge in [-0.2, -0.15) is 0 Å². The lowest BCUT2D eigenvalue weighted by Gasteiger charge is -2.18. The van der Waals surface area contributed by atoms with E-state index in [1.165, 1.54) is 5.56 Å². The topological polar surface area (TPSA) is 41.6 Å². The number of ether oxygens (including phenoxy) is 1. The number of aryl methyl sites for hydroxylation is 1. The van der Waals surface area contributed by atoms with E-state index in [-0.39, 0.29) is 18.6 Å². The van der Waals surface area contributed by atoms with Crippen LogP contribution in [0.25, 0.3) is 0 Å². The summed E-state index contributed by atoms with van der Waals surface area (Å²) in [6, 6.07) is 16.9. The molecular weight excluding hydrogens is 336 g/mol. The molecule has 1 aliphatic rings. The van der Waals surface area contributed by atoms with Crippen LogP contribution in [-0.2, 0) is 11.3 Å². The Labute approximate surface area is 162 Å². The van der Waals surface area contributed by atoms with Crippen molar-refractivity contribution in [1.29, 1.82) is 0 Å². The van der Waals surface area contributed by atoms with Crippen LogP contribution >= 0.6 is 0 Å². The standard InChI is InChI=1S/C23H30N2O2/c1-17(2)21-10-9-18(3)13-22(21)27-16-23(26)24-20-11-12-25(15-20)14-19-7-5-4-6-8-19/h4-10,13,17,20H,11-12,14-16H2,1-3H3,(H,24,26)/t20-/m0/s1. The Bertz CT molecular complexity index is 758. The van der Waals surface area contributed by atoms with Crippen molar-refractivity contribution in [3.63, 3.8) is 0 Å². The van der Waals surface area contributed by atoms with Gasteiger partial charge in [0, 0.05) is 25.7 Å². The van der Waals surface area contributed by atoms with Gasteiger partial charge in [0.25, 0.3) is 5.91 Å². The first-order valence-corrected chi connectivity index (χ1v) is 9.80. The summed E-state index contributed by atoms with van der Waals surface area (Å²) in [5.41, 5.74) is 3.60. The van der Waals surface area contributed by atoms with E-state index >= 15 is 0 Å². The van der Waals surface area contributed by atoms with Crippen LogP contribution in [0.2, 0.25) is 0 Å². The second-order valence-corrected chi connectivity index (χ2v) is 7.76. The van der Waals surface area contributed by atoms with Crippen molar-refractivity contribution in [2.75, 3.05) is 19.7 Å². The van der Waals surface area contributed by atoms with Gasteiger partial charge in [-0.05, 0) is 42.0 Å². The van der Waals surface area contributed by atoms with Crippen LogP contribution in [0.3, 0.4) is 0 Å². The summed E-state index contributed by atoms with van der Waals surface area (Å²) in [7, 11) is 0. The lowest BCUT2D eigenvalue weighted by Crippen LogP contribution is -2.39. The Morgan fingerprint density at radius 1 is 1.22 bits per heavy atom. The minimum atomic E-state index is -0.0437. The average molecular weight is 367 g/mol. The van der Waals surface area contributed by atoms with Crippen molar-refractivity contribution in [3.05, 3.63) is 65.2 Å². The van der Waals surface area contributed by atoms with E-state index in [4.69, 9.17) is 4.74 Å². The fraction of sp³-hybridized carbons (Fsp3) is 0.435. The number of rotatable bonds is 7. The number of amides is 1. The molecular formula is C23H30N2O2. The van der Waals surface area contributed by atoms with Crippen molar-refractivity contribution < 1.29 is 9.53 Å². The quantitative estimate of drug-likeness (QED) is 0.808. The highest BCUT2D eigenvalue weighted by Crippen LogP contribution is 2.27. The monoisotopic (exact) mass is 366 g/mol. The Morgan fingerprint density at radius 3 is 2.74 bits per heavy atom.